The van der Waals surface area contributed by atoms with E-state index >= 15 is 0 Å². The largest absolute Gasteiger partial charge is 0.396 e. The molecule has 4 heteroatoms. The van der Waals surface area contributed by atoms with E-state index in [1.807, 2.05) is 0 Å². The summed E-state index contributed by atoms with van der Waals surface area (Å²) in [6, 6.07) is 0. The number of alkyl halides is 2. The third kappa shape index (κ3) is 16.1. The van der Waals surface area contributed by atoms with Crippen molar-refractivity contribution < 1.29 is 9.90 Å². The average Bonchev–Trinajstić information content (AvgIpc) is 2.95. The van der Waals surface area contributed by atoms with Crippen LogP contribution in [0.1, 0.15) is 228 Å². The van der Waals surface area contributed by atoms with E-state index in [2.05, 4.69) is 19.9 Å². The Kier molecular flexibility index (Phi) is 102. The molecule has 1 N–H and O–H groups in total. The molecule has 0 spiro atoms. The smallest absolute Gasteiger partial charge is 0.139 e. The topological polar surface area (TPSA) is 37.3 Å². The number of carbonyl (C=O) groups excluding carboxylic acids is 1. The molecule has 7 atom stereocenters. The minimum absolute atomic E-state index is 0. The number of carbonyl (C=O) groups is 1. The van der Waals surface area contributed by atoms with Gasteiger partial charge in [0.05, 0.1) is 5.41 Å². The lowest BCUT2D eigenvalue weighted by atomic mass is 9.45. The molecule has 0 amide bonds. The van der Waals surface area contributed by atoms with E-state index in [-0.39, 0.29) is 173 Å². The lowest BCUT2D eigenvalue weighted by molar-refractivity contribution is -0.138. The van der Waals surface area contributed by atoms with Gasteiger partial charge in [0.15, 0.2) is 0 Å². The van der Waals surface area contributed by atoms with E-state index in [4.69, 9.17) is 23.2 Å². The summed E-state index contributed by atoms with van der Waals surface area (Å²) in [6.45, 7) is 6.80. The predicted octanol–water partition coefficient (Wildman–Crippen LogP) is 19.3. The molecule has 4 rings (SSSR count). The number of aliphatic hydroxyl groups is 1. The van der Waals surface area contributed by atoms with Crippen molar-refractivity contribution in [3.8, 4) is 0 Å². The van der Waals surface area contributed by atoms with Crippen LogP contribution in [0.3, 0.4) is 0 Å². The predicted molar refractivity (Wildman–Crippen MR) is 252 cm³/mol. The number of Topliss-reactive ketones (excluding diaryl/α,β-unsaturated/α-hetero) is 1. The van der Waals surface area contributed by atoms with Gasteiger partial charge in [-0.3, -0.25) is 4.79 Å². The molecule has 0 heterocycles. The zero-order valence-electron chi connectivity index (χ0n) is 16.9. The van der Waals surface area contributed by atoms with E-state index < -0.39 is 10.3 Å². The number of rotatable bonds is 3. The van der Waals surface area contributed by atoms with Gasteiger partial charge >= 0.3 is 0 Å². The highest BCUT2D eigenvalue weighted by molar-refractivity contribution is 6.46. The molecule has 3 fully saturated rings. The summed E-state index contributed by atoms with van der Waals surface area (Å²) in [5.74, 6) is 2.49. The summed E-state index contributed by atoms with van der Waals surface area (Å²) in [5.41, 5.74) is 1.21. The van der Waals surface area contributed by atoms with E-state index in [9.17, 15) is 9.90 Å². The first-order chi connectivity index (χ1) is 12.7. The van der Waals surface area contributed by atoms with Crippen LogP contribution >= 0.6 is 23.2 Å². The summed E-state index contributed by atoms with van der Waals surface area (Å²) >= 11 is 13.0. The first-order valence-corrected chi connectivity index (χ1v) is 11.7. The van der Waals surface area contributed by atoms with Gasteiger partial charge in [0, 0.05) is 6.61 Å². The van der Waals surface area contributed by atoms with Gasteiger partial charge in [0.2, 0.25) is 0 Å². The highest BCUT2D eigenvalue weighted by Crippen LogP contribution is 2.71. The van der Waals surface area contributed by atoms with Crippen LogP contribution in [0, 0.1) is 39.9 Å². The normalized spacial score (nSPS) is 27.7. The Labute approximate surface area is 328 Å². The molecule has 0 radical (unpaired) electrons. The number of hydrogen-bond donors (Lipinski definition) is 1. The van der Waals surface area contributed by atoms with Crippen LogP contribution < -0.4 is 0 Å². The number of hydrogen-bond acceptors (Lipinski definition) is 2. The van der Waals surface area contributed by atoms with Crippen LogP contribution in [0.5, 0.6) is 0 Å². The van der Waals surface area contributed by atoms with E-state index in [1.54, 1.807) is 12.5 Å². The third-order valence-electron chi connectivity index (χ3n) is 9.72. The molecular weight excluding hydrogens is 631 g/mol. The van der Waals surface area contributed by atoms with Gasteiger partial charge in [-0.25, -0.2) is 0 Å². The molecule has 2 nitrogen and oxygen atoms in total. The van der Waals surface area contributed by atoms with Crippen molar-refractivity contribution in [1.82, 2.24) is 0 Å². The van der Waals surface area contributed by atoms with Crippen molar-refractivity contribution in [2.24, 2.45) is 39.9 Å². The van der Waals surface area contributed by atoms with Crippen molar-refractivity contribution in [2.45, 2.75) is 233 Å². The Morgan fingerprint density at radius 2 is 1.08 bits per heavy atom. The van der Waals surface area contributed by atoms with Gasteiger partial charge in [0.25, 0.3) is 0 Å². The first-order valence-electron chi connectivity index (χ1n) is 10.8. The van der Waals surface area contributed by atoms with Gasteiger partial charge < -0.3 is 5.11 Å². The fourth-order valence-corrected chi connectivity index (χ4v) is 9.08. The molecule has 0 aliphatic heterocycles. The zero-order chi connectivity index (χ0) is 19.6. The molecule has 0 bridgehead atoms. The maximum absolute atomic E-state index is 12.8. The SMILES string of the molecule is C.C.C.C.C.C.C.C.C.C.C.C.C.C.C.C.C.C.C.C.C.CC(=O)[C@@]1(C(Cl)Cl)CCC2C3CC=C4CC(CO)CC[C@]4(C)C3CC[C@@]21C. The van der Waals surface area contributed by atoms with Gasteiger partial charge in [-0.15, -0.1) is 23.2 Å². The molecule has 320 valence electrons. The van der Waals surface area contributed by atoms with Crippen molar-refractivity contribution in [3.63, 3.8) is 0 Å². The van der Waals surface area contributed by atoms with Gasteiger partial charge in [-0.1, -0.05) is 181 Å². The van der Waals surface area contributed by atoms with Crippen LogP contribution in [-0.2, 0) is 4.79 Å². The van der Waals surface area contributed by atoms with Crippen LogP contribution in [0.2, 0.25) is 0 Å². The maximum atomic E-state index is 12.8. The van der Waals surface area contributed by atoms with Crippen LogP contribution in [-0.4, -0.2) is 22.3 Å². The maximum Gasteiger partial charge on any atom is 0.139 e. The molecular formula is C44H118Cl2O2. The summed E-state index contributed by atoms with van der Waals surface area (Å²) in [4.78, 5) is 12.2. The summed E-state index contributed by atoms with van der Waals surface area (Å²) in [6.07, 6.45) is 11.2. The van der Waals surface area contributed by atoms with Gasteiger partial charge in [0.1, 0.15) is 10.6 Å². The van der Waals surface area contributed by atoms with Crippen molar-refractivity contribution in [3.05, 3.63) is 11.6 Å². The number of allylic oxidation sites excluding steroid dienone is 2. The molecule has 4 aliphatic rings. The molecule has 0 aromatic heterocycles. The quantitative estimate of drug-likeness (QED) is 0.230. The van der Waals surface area contributed by atoms with E-state index in [1.165, 1.54) is 12.8 Å². The minimum Gasteiger partial charge on any atom is -0.396 e. The summed E-state index contributed by atoms with van der Waals surface area (Å²) in [5, 5.41) is 9.63. The fourth-order valence-electron chi connectivity index (χ4n) is 8.06. The van der Waals surface area contributed by atoms with E-state index in [0.717, 1.165) is 38.5 Å². The third-order valence-corrected chi connectivity index (χ3v) is 10.5. The molecule has 0 aromatic rings. The van der Waals surface area contributed by atoms with Crippen LogP contribution in [0.25, 0.3) is 0 Å². The number of ketones is 1. The number of fused-ring (bicyclic) bond motifs is 5. The summed E-state index contributed by atoms with van der Waals surface area (Å²) in [7, 11) is 0. The van der Waals surface area contributed by atoms with Crippen LogP contribution in [0.4, 0.5) is 0 Å². The first kappa shape index (κ1) is 118. The minimum atomic E-state index is -0.619. The number of halogens is 2. The lowest BCUT2D eigenvalue weighted by Gasteiger charge is -2.59. The molecule has 48 heavy (non-hydrogen) atoms. The molecule has 3 saturated carbocycles. The Hall–Kier alpha value is -0.0500. The van der Waals surface area contributed by atoms with Crippen molar-refractivity contribution in [2.75, 3.05) is 6.61 Å². The Morgan fingerprint density at radius 3 is 1.44 bits per heavy atom. The number of aliphatic hydroxyl groups excluding tert-OH is 1. The summed E-state index contributed by atoms with van der Waals surface area (Å²) < 4.78 is 0. The fraction of sp³-hybridized carbons (Fsp3) is 0.932. The highest BCUT2D eigenvalue weighted by atomic mass is 35.5. The Morgan fingerprint density at radius 1 is 0.688 bits per heavy atom. The van der Waals surface area contributed by atoms with Gasteiger partial charge in [-0.05, 0) is 92.8 Å². The average molecular weight is 750 g/mol. The lowest BCUT2D eigenvalue weighted by Crippen LogP contribution is -2.55. The second kappa shape index (κ2) is 41.4. The Bertz CT molecular complexity index is 662. The van der Waals surface area contributed by atoms with Crippen molar-refractivity contribution in [1.29, 1.82) is 0 Å². The standard InChI is InChI=1S/C23H34Cl2O2.21CH4/c1-14(27)23(20(24)25)11-8-19-17-5-4-16-12-15(13-26)6-9-21(16,2)18(17)7-10-22(19,23)3;;;;;;;;;;;;;;;;;;;;;/h4,15,17-20,26H,5-13H2,1-3H3;21*1H4/t15?,17?,18?,19?,21-,22-,23+;;;;;;;;;;;;;;;;;;;;;/m0...................../s1. The highest BCUT2D eigenvalue weighted by Gasteiger charge is 2.67. The zero-order valence-corrected chi connectivity index (χ0v) is 18.5. The molecule has 0 saturated heterocycles. The van der Waals surface area contributed by atoms with E-state index in [0.29, 0.717) is 30.3 Å². The molecule has 0 aromatic carbocycles. The van der Waals surface area contributed by atoms with Gasteiger partial charge in [-0.2, -0.15) is 0 Å². The Balaban J connectivity index is -0.0000000268. The van der Waals surface area contributed by atoms with Crippen LogP contribution in [0.15, 0.2) is 11.6 Å². The van der Waals surface area contributed by atoms with Crippen molar-refractivity contribution >= 4 is 29.0 Å². The monoisotopic (exact) mass is 749 g/mol. The molecule has 4 aliphatic carbocycles. The second-order valence-corrected chi connectivity index (χ2v) is 11.5. The second-order valence-electron chi connectivity index (χ2n) is 10.4. The molecule has 4 unspecified atom stereocenters.